The minimum Gasteiger partial charge on any atom is -0.484 e. The molecule has 0 bridgehead atoms. The van der Waals surface area contributed by atoms with E-state index < -0.39 is 0 Å². The summed E-state index contributed by atoms with van der Waals surface area (Å²) >= 11 is 0. The van der Waals surface area contributed by atoms with Crippen molar-refractivity contribution in [3.05, 3.63) is 83.4 Å². The van der Waals surface area contributed by atoms with Crippen LogP contribution >= 0.6 is 0 Å². The van der Waals surface area contributed by atoms with Crippen LogP contribution in [-0.4, -0.2) is 22.1 Å². The zero-order valence-corrected chi connectivity index (χ0v) is 15.3. The van der Waals surface area contributed by atoms with E-state index in [1.165, 1.54) is 5.56 Å². The van der Waals surface area contributed by atoms with Crippen LogP contribution in [-0.2, 0) is 11.8 Å². The molecule has 0 fully saturated rings. The number of rotatable bonds is 6. The smallest absolute Gasteiger partial charge is 0.258 e. The molecule has 0 aliphatic heterocycles. The van der Waals surface area contributed by atoms with Crippen molar-refractivity contribution in [3.63, 3.8) is 0 Å². The first-order chi connectivity index (χ1) is 12.5. The molecular weight excluding hydrogens is 326 g/mol. The Labute approximate surface area is 153 Å². The third-order valence-electron chi connectivity index (χ3n) is 4.24. The fraction of sp³-hybridized carbons (Fsp3) is 0.238. The Morgan fingerprint density at radius 2 is 1.96 bits per heavy atom. The first-order valence-corrected chi connectivity index (χ1v) is 8.56. The Morgan fingerprint density at radius 3 is 2.62 bits per heavy atom. The van der Waals surface area contributed by atoms with Gasteiger partial charge in [-0.3, -0.25) is 4.79 Å². The quantitative estimate of drug-likeness (QED) is 0.743. The van der Waals surface area contributed by atoms with E-state index in [9.17, 15) is 4.79 Å². The van der Waals surface area contributed by atoms with Crippen molar-refractivity contribution in [2.45, 2.75) is 19.9 Å². The Hall–Kier alpha value is -3.08. The van der Waals surface area contributed by atoms with Crippen molar-refractivity contribution in [1.82, 2.24) is 14.9 Å². The van der Waals surface area contributed by atoms with Gasteiger partial charge in [0.1, 0.15) is 17.6 Å². The number of aromatic nitrogens is 2. The fourth-order valence-electron chi connectivity index (χ4n) is 2.90. The van der Waals surface area contributed by atoms with Gasteiger partial charge in [-0.05, 0) is 31.0 Å². The Kier molecular flexibility index (Phi) is 5.37. The summed E-state index contributed by atoms with van der Waals surface area (Å²) in [6.07, 6.45) is 3.59. The van der Waals surface area contributed by atoms with Crippen molar-refractivity contribution in [1.29, 1.82) is 0 Å². The monoisotopic (exact) mass is 349 g/mol. The van der Waals surface area contributed by atoms with E-state index >= 15 is 0 Å². The van der Waals surface area contributed by atoms with E-state index in [1.807, 2.05) is 80.2 Å². The number of nitrogens with zero attached hydrogens (tertiary/aromatic N) is 2. The summed E-state index contributed by atoms with van der Waals surface area (Å²) in [4.78, 5) is 16.9. The first-order valence-electron chi connectivity index (χ1n) is 8.56. The van der Waals surface area contributed by atoms with Gasteiger partial charge >= 0.3 is 0 Å². The van der Waals surface area contributed by atoms with Crippen molar-refractivity contribution >= 4 is 5.91 Å². The summed E-state index contributed by atoms with van der Waals surface area (Å²) in [5, 5.41) is 3.03. The van der Waals surface area contributed by atoms with Crippen LogP contribution in [0.4, 0.5) is 0 Å². The predicted molar refractivity (Wildman–Crippen MR) is 101 cm³/mol. The molecule has 134 valence electrons. The number of imidazole rings is 1. The summed E-state index contributed by atoms with van der Waals surface area (Å²) in [5.74, 6) is 1.30. The van der Waals surface area contributed by atoms with Gasteiger partial charge in [0.15, 0.2) is 6.61 Å². The molecular formula is C21H23N3O2. The highest BCUT2D eigenvalue weighted by Crippen LogP contribution is 2.21. The highest BCUT2D eigenvalue weighted by molar-refractivity contribution is 5.78. The number of carbonyl (C=O) groups is 1. The van der Waals surface area contributed by atoms with E-state index in [0.29, 0.717) is 0 Å². The molecule has 3 aromatic rings. The van der Waals surface area contributed by atoms with Crippen LogP contribution in [0.2, 0.25) is 0 Å². The second-order valence-corrected chi connectivity index (χ2v) is 6.37. The van der Waals surface area contributed by atoms with Crippen LogP contribution in [0.15, 0.2) is 60.9 Å². The lowest BCUT2D eigenvalue weighted by Crippen LogP contribution is -2.34. The minimum atomic E-state index is -0.327. The summed E-state index contributed by atoms with van der Waals surface area (Å²) in [6, 6.07) is 15.4. The van der Waals surface area contributed by atoms with Gasteiger partial charge in [-0.2, -0.15) is 0 Å². The summed E-state index contributed by atoms with van der Waals surface area (Å²) in [5.41, 5.74) is 3.15. The van der Waals surface area contributed by atoms with Crippen LogP contribution in [0.1, 0.15) is 28.6 Å². The third kappa shape index (κ3) is 4.11. The van der Waals surface area contributed by atoms with Crippen LogP contribution in [0.5, 0.6) is 5.75 Å². The van der Waals surface area contributed by atoms with E-state index in [4.69, 9.17) is 4.74 Å². The van der Waals surface area contributed by atoms with Crippen LogP contribution in [0.3, 0.4) is 0 Å². The number of benzene rings is 2. The standard InChI is InChI=1S/C21H23N3O2/c1-15-9-10-18(16(2)13-15)26-14-19(25)23-20(17-7-5-4-6-8-17)21-22-11-12-24(21)3/h4-13,20H,14H2,1-3H3,(H,23,25)/t20-/m1/s1. The SMILES string of the molecule is Cc1ccc(OCC(=O)N[C@H](c2ccccc2)c2nccn2C)c(C)c1. The number of hydrogen-bond donors (Lipinski definition) is 1. The Bertz CT molecular complexity index is 887. The van der Waals surface area contributed by atoms with Gasteiger partial charge in [-0.25, -0.2) is 4.98 Å². The molecule has 0 unspecified atom stereocenters. The second kappa shape index (κ2) is 7.87. The molecule has 0 radical (unpaired) electrons. The van der Waals surface area contributed by atoms with Crippen LogP contribution in [0.25, 0.3) is 0 Å². The van der Waals surface area contributed by atoms with Crippen molar-refractivity contribution in [3.8, 4) is 5.75 Å². The Morgan fingerprint density at radius 1 is 1.19 bits per heavy atom. The molecule has 5 heteroatoms. The van der Waals surface area contributed by atoms with Gasteiger partial charge < -0.3 is 14.6 Å². The maximum Gasteiger partial charge on any atom is 0.258 e. The highest BCUT2D eigenvalue weighted by atomic mass is 16.5. The van der Waals surface area contributed by atoms with Gasteiger partial charge in [0.25, 0.3) is 5.91 Å². The van der Waals surface area contributed by atoms with Gasteiger partial charge in [0.2, 0.25) is 0 Å². The zero-order chi connectivity index (χ0) is 18.5. The van der Waals surface area contributed by atoms with E-state index in [1.54, 1.807) is 6.20 Å². The molecule has 1 N–H and O–H groups in total. The Balaban J connectivity index is 1.72. The van der Waals surface area contributed by atoms with Crippen molar-refractivity contribution in [2.24, 2.45) is 7.05 Å². The lowest BCUT2D eigenvalue weighted by Gasteiger charge is -2.19. The summed E-state index contributed by atoms with van der Waals surface area (Å²) < 4.78 is 7.60. The molecule has 1 aromatic heterocycles. The number of hydrogen-bond acceptors (Lipinski definition) is 3. The third-order valence-corrected chi connectivity index (χ3v) is 4.24. The average Bonchev–Trinajstić information content (AvgIpc) is 3.05. The van der Waals surface area contributed by atoms with Gasteiger partial charge in [0.05, 0.1) is 0 Å². The maximum absolute atomic E-state index is 12.5. The lowest BCUT2D eigenvalue weighted by molar-refractivity contribution is -0.123. The molecule has 0 spiro atoms. The molecule has 1 heterocycles. The van der Waals surface area contributed by atoms with Crippen molar-refractivity contribution < 1.29 is 9.53 Å². The predicted octanol–water partition coefficient (Wildman–Crippen LogP) is 3.32. The molecule has 5 nitrogen and oxygen atoms in total. The highest BCUT2D eigenvalue weighted by Gasteiger charge is 2.20. The molecule has 0 saturated heterocycles. The molecule has 26 heavy (non-hydrogen) atoms. The average molecular weight is 349 g/mol. The lowest BCUT2D eigenvalue weighted by atomic mass is 10.1. The van der Waals surface area contributed by atoms with Crippen LogP contribution < -0.4 is 10.1 Å². The second-order valence-electron chi connectivity index (χ2n) is 6.37. The molecule has 2 aromatic carbocycles. The zero-order valence-electron chi connectivity index (χ0n) is 15.3. The van der Waals surface area contributed by atoms with Gasteiger partial charge in [-0.1, -0.05) is 48.0 Å². The molecule has 3 rings (SSSR count). The van der Waals surface area contributed by atoms with E-state index in [0.717, 1.165) is 22.7 Å². The molecule has 0 saturated carbocycles. The molecule has 0 aliphatic carbocycles. The largest absolute Gasteiger partial charge is 0.484 e. The van der Waals surface area contributed by atoms with E-state index in [2.05, 4.69) is 10.3 Å². The number of nitrogens with one attached hydrogen (secondary N) is 1. The summed E-state index contributed by atoms with van der Waals surface area (Å²) in [6.45, 7) is 3.96. The van der Waals surface area contributed by atoms with Crippen LogP contribution in [0, 0.1) is 13.8 Å². The maximum atomic E-state index is 12.5. The first kappa shape index (κ1) is 17.7. The normalized spacial score (nSPS) is 11.8. The minimum absolute atomic E-state index is 0.0440. The molecule has 1 amide bonds. The number of carbonyl (C=O) groups excluding carboxylic acids is 1. The van der Waals surface area contributed by atoms with Crippen molar-refractivity contribution in [2.75, 3.05) is 6.61 Å². The van der Waals surface area contributed by atoms with Gasteiger partial charge in [0, 0.05) is 19.4 Å². The summed E-state index contributed by atoms with van der Waals surface area (Å²) in [7, 11) is 1.91. The topological polar surface area (TPSA) is 56.1 Å². The number of ether oxygens (including phenoxy) is 1. The molecule has 0 aliphatic rings. The van der Waals surface area contributed by atoms with Gasteiger partial charge in [-0.15, -0.1) is 0 Å². The fourth-order valence-corrected chi connectivity index (χ4v) is 2.90. The van der Waals surface area contributed by atoms with E-state index in [-0.39, 0.29) is 18.6 Å². The number of amides is 1. The number of aryl methyl sites for hydroxylation is 3. The molecule has 1 atom stereocenters.